The van der Waals surface area contributed by atoms with Crippen molar-refractivity contribution >= 4 is 11.7 Å². The first kappa shape index (κ1) is 14.6. The van der Waals surface area contributed by atoms with Crippen LogP contribution in [-0.4, -0.2) is 47.4 Å². The van der Waals surface area contributed by atoms with Crippen LogP contribution in [0.4, 0.5) is 10.5 Å². The molecule has 2 heterocycles. The van der Waals surface area contributed by atoms with Gasteiger partial charge in [0, 0.05) is 31.1 Å². The first-order valence-electron chi connectivity index (χ1n) is 7.44. The predicted molar refractivity (Wildman–Crippen MR) is 84.6 cm³/mol. The molecule has 0 aliphatic carbocycles. The molecule has 1 atom stereocenters. The van der Waals surface area contributed by atoms with Crippen LogP contribution in [0.5, 0.6) is 0 Å². The normalized spacial score (nSPS) is 17.7. The van der Waals surface area contributed by atoms with E-state index in [4.69, 9.17) is 4.74 Å². The summed E-state index contributed by atoms with van der Waals surface area (Å²) in [5.74, 6) is 0. The summed E-state index contributed by atoms with van der Waals surface area (Å²) in [7, 11) is 1.67. The number of ether oxygens (including phenoxy) is 1. The molecule has 2 amide bonds. The Morgan fingerprint density at radius 1 is 1.50 bits per heavy atom. The van der Waals surface area contributed by atoms with Gasteiger partial charge in [0.15, 0.2) is 0 Å². The first-order chi connectivity index (χ1) is 10.8. The van der Waals surface area contributed by atoms with Crippen LogP contribution < -0.4 is 5.32 Å². The Bertz CT molecular complexity index is 627. The largest absolute Gasteiger partial charge is 0.383 e. The molecule has 1 aromatic heterocycles. The Morgan fingerprint density at radius 2 is 2.41 bits per heavy atom. The van der Waals surface area contributed by atoms with Crippen LogP contribution in [0, 0.1) is 0 Å². The summed E-state index contributed by atoms with van der Waals surface area (Å²) in [6, 6.07) is 9.72. The molecule has 1 saturated heterocycles. The van der Waals surface area contributed by atoms with Crippen LogP contribution in [0.1, 0.15) is 12.8 Å². The Kier molecular flexibility index (Phi) is 4.39. The quantitative estimate of drug-likeness (QED) is 0.912. The molecule has 116 valence electrons. The van der Waals surface area contributed by atoms with Gasteiger partial charge in [-0.05, 0) is 31.0 Å². The van der Waals surface area contributed by atoms with E-state index in [0.29, 0.717) is 6.61 Å². The minimum Gasteiger partial charge on any atom is -0.383 e. The number of aromatic nitrogens is 2. The second-order valence-electron chi connectivity index (χ2n) is 5.43. The van der Waals surface area contributed by atoms with Gasteiger partial charge in [0.2, 0.25) is 0 Å². The lowest BCUT2D eigenvalue weighted by atomic mass is 10.1. The molecule has 1 fully saturated rings. The van der Waals surface area contributed by atoms with Crippen LogP contribution >= 0.6 is 0 Å². The van der Waals surface area contributed by atoms with Crippen molar-refractivity contribution < 1.29 is 9.53 Å². The molecule has 0 saturated carbocycles. The van der Waals surface area contributed by atoms with Gasteiger partial charge < -0.3 is 15.0 Å². The lowest BCUT2D eigenvalue weighted by Gasteiger charge is -2.24. The van der Waals surface area contributed by atoms with Crippen molar-refractivity contribution in [1.82, 2.24) is 15.1 Å². The third kappa shape index (κ3) is 3.12. The zero-order chi connectivity index (χ0) is 15.4. The summed E-state index contributed by atoms with van der Waals surface area (Å²) in [6.07, 6.45) is 3.73. The van der Waals surface area contributed by atoms with Gasteiger partial charge in [-0.2, -0.15) is 5.10 Å². The van der Waals surface area contributed by atoms with Crippen LogP contribution in [0.3, 0.4) is 0 Å². The summed E-state index contributed by atoms with van der Waals surface area (Å²) < 4.78 is 5.19. The van der Waals surface area contributed by atoms with E-state index >= 15 is 0 Å². The number of carbonyl (C=O) groups is 1. The number of rotatable bonds is 4. The Labute approximate surface area is 129 Å². The predicted octanol–water partition coefficient (Wildman–Crippen LogP) is 2.72. The Balaban J connectivity index is 1.70. The highest BCUT2D eigenvalue weighted by Gasteiger charge is 2.28. The molecule has 22 heavy (non-hydrogen) atoms. The smallest absolute Gasteiger partial charge is 0.322 e. The lowest BCUT2D eigenvalue weighted by Crippen LogP contribution is -2.40. The second-order valence-corrected chi connectivity index (χ2v) is 5.43. The number of anilines is 1. The number of urea groups is 1. The number of nitrogens with one attached hydrogen (secondary N) is 2. The average molecular weight is 300 g/mol. The highest BCUT2D eigenvalue weighted by Crippen LogP contribution is 2.22. The molecule has 2 N–H and O–H groups in total. The number of methoxy groups -OCH3 is 1. The number of aromatic amines is 1. The molecule has 1 aliphatic heterocycles. The van der Waals surface area contributed by atoms with Crippen molar-refractivity contribution in [2.75, 3.05) is 25.6 Å². The molecule has 1 aromatic carbocycles. The number of hydrogen-bond donors (Lipinski definition) is 2. The first-order valence-corrected chi connectivity index (χ1v) is 7.44. The number of amides is 2. The van der Waals surface area contributed by atoms with E-state index in [-0.39, 0.29) is 12.1 Å². The third-order valence-corrected chi connectivity index (χ3v) is 3.92. The van der Waals surface area contributed by atoms with Gasteiger partial charge in [-0.25, -0.2) is 4.79 Å². The molecule has 1 unspecified atom stereocenters. The van der Waals surface area contributed by atoms with Crippen molar-refractivity contribution in [2.24, 2.45) is 0 Å². The number of carbonyl (C=O) groups excluding carboxylic acids is 1. The fourth-order valence-corrected chi connectivity index (χ4v) is 2.85. The summed E-state index contributed by atoms with van der Waals surface area (Å²) >= 11 is 0. The number of benzene rings is 1. The number of H-pyrrole nitrogens is 1. The van der Waals surface area contributed by atoms with E-state index < -0.39 is 0 Å². The minimum atomic E-state index is -0.0682. The van der Waals surface area contributed by atoms with Crippen molar-refractivity contribution in [3.05, 3.63) is 36.5 Å². The van der Waals surface area contributed by atoms with Gasteiger partial charge in [-0.3, -0.25) is 5.10 Å². The molecule has 0 bridgehead atoms. The van der Waals surface area contributed by atoms with Crippen molar-refractivity contribution in [3.8, 4) is 11.3 Å². The zero-order valence-electron chi connectivity index (χ0n) is 12.6. The maximum atomic E-state index is 12.4. The maximum absolute atomic E-state index is 12.4. The van der Waals surface area contributed by atoms with E-state index in [1.165, 1.54) is 0 Å². The SMILES string of the molecule is COCC1CCCN1C(=O)Nc1cccc(-c2ccn[nH]2)c1. The number of likely N-dealkylation sites (tertiary alicyclic amines) is 1. The van der Waals surface area contributed by atoms with E-state index in [1.807, 2.05) is 35.2 Å². The summed E-state index contributed by atoms with van der Waals surface area (Å²) in [5, 5.41) is 9.84. The highest BCUT2D eigenvalue weighted by molar-refractivity contribution is 5.90. The number of nitrogens with zero attached hydrogens (tertiary/aromatic N) is 2. The maximum Gasteiger partial charge on any atom is 0.322 e. The van der Waals surface area contributed by atoms with E-state index in [9.17, 15) is 4.79 Å². The van der Waals surface area contributed by atoms with Gasteiger partial charge in [0.05, 0.1) is 18.3 Å². The monoisotopic (exact) mass is 300 g/mol. The Morgan fingerprint density at radius 3 is 3.18 bits per heavy atom. The third-order valence-electron chi connectivity index (χ3n) is 3.92. The molecule has 2 aromatic rings. The molecule has 6 heteroatoms. The average Bonchev–Trinajstić information content (AvgIpc) is 3.19. The zero-order valence-corrected chi connectivity index (χ0v) is 12.6. The molecular formula is C16H20N4O2. The van der Waals surface area contributed by atoms with Gasteiger partial charge >= 0.3 is 6.03 Å². The highest BCUT2D eigenvalue weighted by atomic mass is 16.5. The molecule has 0 radical (unpaired) electrons. The van der Waals surface area contributed by atoms with Crippen molar-refractivity contribution in [3.63, 3.8) is 0 Å². The minimum absolute atomic E-state index is 0.0682. The van der Waals surface area contributed by atoms with E-state index in [0.717, 1.165) is 36.3 Å². The molecule has 1 aliphatic rings. The van der Waals surface area contributed by atoms with Crippen LogP contribution in [0.25, 0.3) is 11.3 Å². The summed E-state index contributed by atoms with van der Waals surface area (Å²) in [4.78, 5) is 14.3. The summed E-state index contributed by atoms with van der Waals surface area (Å²) in [6.45, 7) is 1.36. The van der Waals surface area contributed by atoms with Gasteiger partial charge in [-0.15, -0.1) is 0 Å². The lowest BCUT2D eigenvalue weighted by molar-refractivity contribution is 0.128. The second kappa shape index (κ2) is 6.62. The fourth-order valence-electron chi connectivity index (χ4n) is 2.85. The summed E-state index contributed by atoms with van der Waals surface area (Å²) in [5.41, 5.74) is 2.69. The van der Waals surface area contributed by atoms with E-state index in [2.05, 4.69) is 15.5 Å². The fraction of sp³-hybridized carbons (Fsp3) is 0.375. The Hall–Kier alpha value is -2.34. The number of hydrogen-bond acceptors (Lipinski definition) is 3. The molecule has 6 nitrogen and oxygen atoms in total. The van der Waals surface area contributed by atoms with Crippen LogP contribution in [0.15, 0.2) is 36.5 Å². The van der Waals surface area contributed by atoms with Crippen LogP contribution in [-0.2, 0) is 4.74 Å². The van der Waals surface area contributed by atoms with Gasteiger partial charge in [0.25, 0.3) is 0 Å². The van der Waals surface area contributed by atoms with Crippen molar-refractivity contribution in [2.45, 2.75) is 18.9 Å². The topological polar surface area (TPSA) is 70.2 Å². The van der Waals surface area contributed by atoms with E-state index in [1.54, 1.807) is 13.3 Å². The molecule has 0 spiro atoms. The molecule has 3 rings (SSSR count). The van der Waals surface area contributed by atoms with Gasteiger partial charge in [-0.1, -0.05) is 12.1 Å². The molecular weight excluding hydrogens is 280 g/mol. The van der Waals surface area contributed by atoms with Crippen LogP contribution in [0.2, 0.25) is 0 Å². The standard InChI is InChI=1S/C16H20N4O2/c1-22-11-14-6-3-9-20(14)16(21)18-13-5-2-4-12(10-13)15-7-8-17-19-15/h2,4-5,7-8,10,14H,3,6,9,11H2,1H3,(H,17,19)(H,18,21). The van der Waals surface area contributed by atoms with Crippen molar-refractivity contribution in [1.29, 1.82) is 0 Å². The van der Waals surface area contributed by atoms with Gasteiger partial charge in [0.1, 0.15) is 0 Å².